The molecule has 206 valence electrons. The van der Waals surface area contributed by atoms with Gasteiger partial charge in [0.05, 0.1) is 0 Å². The highest BCUT2D eigenvalue weighted by atomic mass is 14.8. The summed E-state index contributed by atoms with van der Waals surface area (Å²) in [5.74, 6) is 3.98. The molecule has 4 saturated carbocycles. The van der Waals surface area contributed by atoms with Crippen LogP contribution < -0.4 is 0 Å². The standard InChI is InChI=1S/C36H62/c1-23-15-17-33(11)19-20-35(13)25(27(33)24(23)2)21-29(3,4)28-34(12)22-30(5,6)32(9,10)31(7,8)26(34)16-18-36(28,35)14/h21,23-24,26-28H,15-20,22H2,1-14H3/t23-,24+,26?,27?,28?,33-,34+,35-,36-/m1/s1. The average Bonchev–Trinajstić information content (AvgIpc) is 2.70. The van der Waals surface area contributed by atoms with Crippen LogP contribution in [0.3, 0.4) is 0 Å². The minimum absolute atomic E-state index is 0.239. The third kappa shape index (κ3) is 2.95. The molecule has 0 N–H and O–H groups in total. The van der Waals surface area contributed by atoms with Crippen LogP contribution in [0.5, 0.6) is 0 Å². The molecule has 0 aromatic heterocycles. The zero-order valence-corrected chi connectivity index (χ0v) is 26.9. The highest BCUT2D eigenvalue weighted by Crippen LogP contribution is 2.81. The first kappa shape index (κ1) is 27.3. The molecule has 0 spiro atoms. The maximum atomic E-state index is 2.93. The lowest BCUT2D eigenvalue weighted by atomic mass is 9.27. The molecule has 3 unspecified atom stereocenters. The Morgan fingerprint density at radius 2 is 1.33 bits per heavy atom. The second kappa shape index (κ2) is 7.27. The average molecular weight is 495 g/mol. The first-order valence-electron chi connectivity index (χ1n) is 15.9. The summed E-state index contributed by atoms with van der Waals surface area (Å²) in [4.78, 5) is 0. The van der Waals surface area contributed by atoms with Gasteiger partial charge in [-0.25, -0.2) is 0 Å². The molecule has 0 amide bonds. The lowest BCUT2D eigenvalue weighted by Gasteiger charge is -2.77. The predicted octanol–water partition coefficient (Wildman–Crippen LogP) is 11.0. The summed E-state index contributed by atoms with van der Waals surface area (Å²) in [6.45, 7) is 37.2. The second-order valence-electron chi connectivity index (χ2n) is 18.6. The predicted molar refractivity (Wildman–Crippen MR) is 157 cm³/mol. The smallest absolute Gasteiger partial charge is 0.00560 e. The normalized spacial score (nSPS) is 54.3. The number of hydrogen-bond donors (Lipinski definition) is 0. The number of hydrogen-bond acceptors (Lipinski definition) is 0. The van der Waals surface area contributed by atoms with E-state index in [4.69, 9.17) is 0 Å². The lowest BCUT2D eigenvalue weighted by Crippen LogP contribution is -2.70. The first-order chi connectivity index (χ1) is 16.1. The van der Waals surface area contributed by atoms with Gasteiger partial charge in [0.1, 0.15) is 0 Å². The second-order valence-corrected chi connectivity index (χ2v) is 18.6. The third-order valence-electron chi connectivity index (χ3n) is 16.1. The monoisotopic (exact) mass is 494 g/mol. The minimum Gasteiger partial charge on any atom is -0.0785 e. The first-order valence-corrected chi connectivity index (χ1v) is 15.9. The van der Waals surface area contributed by atoms with Gasteiger partial charge in [0.15, 0.2) is 0 Å². The van der Waals surface area contributed by atoms with Crippen molar-refractivity contribution in [2.24, 2.45) is 72.9 Å². The molecule has 0 bridgehead atoms. The third-order valence-corrected chi connectivity index (χ3v) is 16.1. The summed E-state index contributed by atoms with van der Waals surface area (Å²) < 4.78 is 0. The van der Waals surface area contributed by atoms with Crippen molar-refractivity contribution >= 4 is 0 Å². The molecule has 4 fully saturated rings. The largest absolute Gasteiger partial charge is 0.0785 e. The van der Waals surface area contributed by atoms with Crippen molar-refractivity contribution < 1.29 is 0 Å². The molecule has 9 atom stereocenters. The Morgan fingerprint density at radius 3 is 1.94 bits per heavy atom. The van der Waals surface area contributed by atoms with Crippen molar-refractivity contribution in [2.45, 2.75) is 142 Å². The van der Waals surface area contributed by atoms with Crippen molar-refractivity contribution in [3.8, 4) is 0 Å². The fraction of sp³-hybridized carbons (Fsp3) is 0.944. The van der Waals surface area contributed by atoms with Gasteiger partial charge < -0.3 is 0 Å². The summed E-state index contributed by atoms with van der Waals surface area (Å²) >= 11 is 0. The van der Waals surface area contributed by atoms with Crippen molar-refractivity contribution in [1.29, 1.82) is 0 Å². The van der Waals surface area contributed by atoms with Gasteiger partial charge in [-0.2, -0.15) is 0 Å². The Labute approximate surface area is 226 Å². The van der Waals surface area contributed by atoms with Crippen LogP contribution >= 0.6 is 0 Å². The van der Waals surface area contributed by atoms with Crippen LogP contribution in [0.15, 0.2) is 11.6 Å². The topological polar surface area (TPSA) is 0 Å². The molecule has 0 aromatic rings. The molecule has 0 saturated heterocycles. The van der Waals surface area contributed by atoms with E-state index in [1.165, 1.54) is 44.9 Å². The molecule has 0 nitrogen and oxygen atoms in total. The molecule has 5 aliphatic rings. The molecule has 0 heterocycles. The number of rotatable bonds is 0. The van der Waals surface area contributed by atoms with Gasteiger partial charge in [0.2, 0.25) is 0 Å². The molecular weight excluding hydrogens is 432 g/mol. The van der Waals surface area contributed by atoms with E-state index < -0.39 is 0 Å². The molecule has 0 radical (unpaired) electrons. The van der Waals surface area contributed by atoms with E-state index in [-0.39, 0.29) is 5.41 Å². The van der Waals surface area contributed by atoms with Crippen LogP contribution in [0, 0.1) is 72.9 Å². The summed E-state index contributed by atoms with van der Waals surface area (Å²) in [6, 6.07) is 0. The maximum Gasteiger partial charge on any atom is -0.00560 e. The van der Waals surface area contributed by atoms with Crippen molar-refractivity contribution in [3.05, 3.63) is 11.6 Å². The SMILES string of the molecule is C[C@@H]1CC[C@]2(C)CC[C@]3(C)C(=CC(C)(C)C4[C@@]5(C)CC(C)(C)C(C)(C)C(C)(C)C5CC[C@]43C)C2[C@H]1C. The number of allylic oxidation sites excluding steroid dienone is 2. The van der Waals surface area contributed by atoms with Crippen LogP contribution in [-0.2, 0) is 0 Å². The van der Waals surface area contributed by atoms with Crippen LogP contribution in [0.2, 0.25) is 0 Å². The van der Waals surface area contributed by atoms with Gasteiger partial charge in [-0.1, -0.05) is 109 Å². The molecular formula is C36H62. The summed E-state index contributed by atoms with van der Waals surface area (Å²) in [5.41, 5.74) is 4.76. The molecule has 0 heteroatoms. The van der Waals surface area contributed by atoms with Gasteiger partial charge in [-0.15, -0.1) is 0 Å². The maximum absolute atomic E-state index is 2.93. The zero-order chi connectivity index (χ0) is 27.1. The lowest BCUT2D eigenvalue weighted by molar-refractivity contribution is -0.263. The fourth-order valence-corrected chi connectivity index (χ4v) is 13.3. The van der Waals surface area contributed by atoms with E-state index in [9.17, 15) is 0 Å². The van der Waals surface area contributed by atoms with E-state index in [2.05, 4.69) is 103 Å². The van der Waals surface area contributed by atoms with Crippen molar-refractivity contribution in [3.63, 3.8) is 0 Å². The Balaban J connectivity index is 1.71. The van der Waals surface area contributed by atoms with Crippen molar-refractivity contribution in [2.75, 3.05) is 0 Å². The van der Waals surface area contributed by atoms with E-state index in [0.29, 0.717) is 37.9 Å². The van der Waals surface area contributed by atoms with Gasteiger partial charge in [0, 0.05) is 0 Å². The molecule has 5 rings (SSSR count). The van der Waals surface area contributed by atoms with Gasteiger partial charge in [-0.05, 0) is 118 Å². The van der Waals surface area contributed by atoms with Crippen LogP contribution in [0.4, 0.5) is 0 Å². The highest BCUT2D eigenvalue weighted by Gasteiger charge is 2.73. The Kier molecular flexibility index (Phi) is 5.52. The quantitative estimate of drug-likeness (QED) is 0.294. The van der Waals surface area contributed by atoms with Gasteiger partial charge in [-0.3, -0.25) is 0 Å². The van der Waals surface area contributed by atoms with Crippen LogP contribution in [0.1, 0.15) is 142 Å². The van der Waals surface area contributed by atoms with E-state index in [1.54, 1.807) is 0 Å². The fourth-order valence-electron chi connectivity index (χ4n) is 13.3. The van der Waals surface area contributed by atoms with E-state index in [0.717, 1.165) is 29.6 Å². The van der Waals surface area contributed by atoms with Crippen molar-refractivity contribution in [1.82, 2.24) is 0 Å². The van der Waals surface area contributed by atoms with Crippen LogP contribution in [-0.4, -0.2) is 0 Å². The van der Waals surface area contributed by atoms with E-state index in [1.807, 2.05) is 5.57 Å². The molecule has 0 aliphatic heterocycles. The van der Waals surface area contributed by atoms with Gasteiger partial charge in [0.25, 0.3) is 0 Å². The Morgan fingerprint density at radius 1 is 0.722 bits per heavy atom. The highest BCUT2D eigenvalue weighted by molar-refractivity contribution is 5.37. The van der Waals surface area contributed by atoms with Gasteiger partial charge >= 0.3 is 0 Å². The van der Waals surface area contributed by atoms with Crippen LogP contribution in [0.25, 0.3) is 0 Å². The number of fused-ring (bicyclic) bond motifs is 7. The molecule has 36 heavy (non-hydrogen) atoms. The zero-order valence-electron chi connectivity index (χ0n) is 26.9. The van der Waals surface area contributed by atoms with E-state index >= 15 is 0 Å². The summed E-state index contributed by atoms with van der Waals surface area (Å²) in [7, 11) is 0. The summed E-state index contributed by atoms with van der Waals surface area (Å²) in [6.07, 6.45) is 12.9. The minimum atomic E-state index is 0.239. The molecule has 0 aromatic carbocycles. The Bertz CT molecular complexity index is 959. The Hall–Kier alpha value is -0.260. The summed E-state index contributed by atoms with van der Waals surface area (Å²) in [5, 5.41) is 0. The molecule has 5 aliphatic carbocycles.